The quantitative estimate of drug-likeness (QED) is 0.650. The number of furan rings is 1. The van der Waals surface area contributed by atoms with Gasteiger partial charge in [0.2, 0.25) is 0 Å². The molecule has 0 atom stereocenters. The van der Waals surface area contributed by atoms with Crippen LogP contribution in [0.4, 0.5) is 5.69 Å². The predicted molar refractivity (Wildman–Crippen MR) is 97.0 cm³/mol. The van der Waals surface area contributed by atoms with Crippen LogP contribution in [0.5, 0.6) is 5.75 Å². The lowest BCUT2D eigenvalue weighted by Crippen LogP contribution is -2.14. The predicted octanol–water partition coefficient (Wildman–Crippen LogP) is 3.28. The summed E-state index contributed by atoms with van der Waals surface area (Å²) >= 11 is 6.03. The Morgan fingerprint density at radius 3 is 2.78 bits per heavy atom. The number of para-hydroxylation sites is 1. The van der Waals surface area contributed by atoms with Crippen LogP contribution in [0, 0.1) is 0 Å². The number of carbonyl (C=O) groups is 2. The number of rotatable bonds is 6. The van der Waals surface area contributed by atoms with Gasteiger partial charge in [-0.1, -0.05) is 23.7 Å². The number of ether oxygens (including phenoxy) is 2. The fourth-order valence-corrected chi connectivity index (χ4v) is 2.49. The van der Waals surface area contributed by atoms with Gasteiger partial charge in [-0.2, -0.15) is 5.10 Å². The molecule has 0 saturated heterocycles. The Kier molecular flexibility index (Phi) is 5.46. The summed E-state index contributed by atoms with van der Waals surface area (Å²) in [7, 11) is 2.86. The van der Waals surface area contributed by atoms with Gasteiger partial charge in [-0.25, -0.2) is 4.79 Å². The van der Waals surface area contributed by atoms with E-state index in [4.69, 9.17) is 20.8 Å². The molecular formula is C18H16ClN3O5. The number of nitrogens with one attached hydrogen (secondary N) is 1. The highest BCUT2D eigenvalue weighted by molar-refractivity contribution is 6.32. The topological polar surface area (TPSA) is 95.6 Å². The second-order valence-corrected chi connectivity index (χ2v) is 5.90. The molecule has 1 amide bonds. The molecule has 0 aliphatic carbocycles. The average Bonchev–Trinajstić information content (AvgIpc) is 3.27. The summed E-state index contributed by atoms with van der Waals surface area (Å²) in [5.41, 5.74) is 0.224. The van der Waals surface area contributed by atoms with Crippen LogP contribution in [0.2, 0.25) is 5.02 Å². The second-order valence-electron chi connectivity index (χ2n) is 5.50. The molecule has 3 aromatic rings. The number of aromatic nitrogens is 2. The first-order valence-electron chi connectivity index (χ1n) is 7.87. The number of benzene rings is 1. The fraction of sp³-hybridized carbons (Fsp3) is 0.167. The fourth-order valence-electron chi connectivity index (χ4n) is 2.30. The van der Waals surface area contributed by atoms with Crippen molar-refractivity contribution in [3.8, 4) is 5.75 Å². The Morgan fingerprint density at radius 1 is 1.26 bits per heavy atom. The van der Waals surface area contributed by atoms with Crippen molar-refractivity contribution in [2.75, 3.05) is 12.4 Å². The molecule has 0 aliphatic rings. The zero-order valence-corrected chi connectivity index (χ0v) is 15.3. The highest BCUT2D eigenvalue weighted by atomic mass is 35.5. The minimum atomic E-state index is -0.654. The van der Waals surface area contributed by atoms with Gasteiger partial charge < -0.3 is 19.2 Å². The van der Waals surface area contributed by atoms with Crippen LogP contribution in [0.25, 0.3) is 0 Å². The summed E-state index contributed by atoms with van der Waals surface area (Å²) in [6, 6.07) is 10.2. The van der Waals surface area contributed by atoms with Gasteiger partial charge in [0.1, 0.15) is 18.1 Å². The van der Waals surface area contributed by atoms with Crippen LogP contribution in [0.3, 0.4) is 0 Å². The van der Waals surface area contributed by atoms with Crippen molar-refractivity contribution in [2.45, 2.75) is 6.61 Å². The third kappa shape index (κ3) is 4.29. The number of hydrogen-bond donors (Lipinski definition) is 1. The molecule has 2 aromatic heterocycles. The van der Waals surface area contributed by atoms with E-state index in [-0.39, 0.29) is 23.7 Å². The summed E-state index contributed by atoms with van der Waals surface area (Å²) in [6.07, 6.45) is 1.49. The smallest absolute Gasteiger partial charge is 0.360 e. The maximum atomic E-state index is 12.4. The van der Waals surface area contributed by atoms with Crippen LogP contribution in [-0.4, -0.2) is 28.8 Å². The van der Waals surface area contributed by atoms with Gasteiger partial charge in [0.25, 0.3) is 5.91 Å². The monoisotopic (exact) mass is 389 g/mol. The summed E-state index contributed by atoms with van der Waals surface area (Å²) in [5.74, 6) is -0.164. The molecule has 0 bridgehead atoms. The van der Waals surface area contributed by atoms with Crippen molar-refractivity contribution in [3.05, 3.63) is 64.8 Å². The number of anilines is 1. The first-order chi connectivity index (χ1) is 13.0. The van der Waals surface area contributed by atoms with E-state index in [2.05, 4.69) is 15.2 Å². The first kappa shape index (κ1) is 18.5. The Labute approximate surface area is 159 Å². The van der Waals surface area contributed by atoms with Gasteiger partial charge in [0, 0.05) is 13.2 Å². The van der Waals surface area contributed by atoms with Crippen molar-refractivity contribution in [2.24, 2.45) is 7.05 Å². The van der Waals surface area contributed by atoms with E-state index < -0.39 is 11.9 Å². The van der Waals surface area contributed by atoms with E-state index in [1.807, 2.05) is 0 Å². The molecule has 9 heteroatoms. The molecule has 0 fully saturated rings. The van der Waals surface area contributed by atoms with Crippen molar-refractivity contribution < 1.29 is 23.5 Å². The number of esters is 1. The molecule has 0 aliphatic heterocycles. The average molecular weight is 390 g/mol. The minimum absolute atomic E-state index is 0.00202. The maximum absolute atomic E-state index is 12.4. The molecule has 2 heterocycles. The SMILES string of the molecule is COC(=O)c1nn(C)cc1NC(=O)c1ccc(COc2ccccc2Cl)o1. The summed E-state index contributed by atoms with van der Waals surface area (Å²) in [6.45, 7) is 0.108. The van der Waals surface area contributed by atoms with Crippen LogP contribution >= 0.6 is 11.6 Å². The molecule has 1 N–H and O–H groups in total. The van der Waals surface area contributed by atoms with E-state index in [1.165, 1.54) is 24.1 Å². The standard InChI is InChI=1S/C18H16ClN3O5/c1-22-9-13(16(21-22)18(24)25-2)20-17(23)15-8-7-11(27-15)10-26-14-6-4-3-5-12(14)19/h3-9H,10H2,1-2H3,(H,20,23). The Balaban J connectivity index is 1.67. The number of hydrogen-bond acceptors (Lipinski definition) is 6. The Hall–Kier alpha value is -3.26. The van der Waals surface area contributed by atoms with E-state index in [0.717, 1.165) is 0 Å². The summed E-state index contributed by atoms with van der Waals surface area (Å²) < 4.78 is 17.1. The van der Waals surface area contributed by atoms with E-state index in [9.17, 15) is 9.59 Å². The zero-order valence-electron chi connectivity index (χ0n) is 14.6. The molecule has 1 aromatic carbocycles. The molecular weight excluding hydrogens is 374 g/mol. The lowest BCUT2D eigenvalue weighted by atomic mass is 10.3. The molecule has 27 heavy (non-hydrogen) atoms. The Morgan fingerprint density at radius 2 is 2.04 bits per heavy atom. The van der Waals surface area contributed by atoms with Crippen molar-refractivity contribution >= 4 is 29.2 Å². The summed E-state index contributed by atoms with van der Waals surface area (Å²) in [5, 5.41) is 7.03. The Bertz CT molecular complexity index is 979. The van der Waals surface area contributed by atoms with Crippen LogP contribution < -0.4 is 10.1 Å². The van der Waals surface area contributed by atoms with Crippen molar-refractivity contribution in [3.63, 3.8) is 0 Å². The van der Waals surface area contributed by atoms with Crippen LogP contribution in [0.1, 0.15) is 26.8 Å². The number of amides is 1. The van der Waals surface area contributed by atoms with Gasteiger partial charge in [0.05, 0.1) is 17.8 Å². The van der Waals surface area contributed by atoms with E-state index in [0.29, 0.717) is 16.5 Å². The molecule has 140 valence electrons. The largest absolute Gasteiger partial charge is 0.484 e. The molecule has 0 saturated carbocycles. The highest BCUT2D eigenvalue weighted by Gasteiger charge is 2.20. The lowest BCUT2D eigenvalue weighted by Gasteiger charge is -2.05. The van der Waals surface area contributed by atoms with Crippen LogP contribution in [0.15, 0.2) is 47.0 Å². The lowest BCUT2D eigenvalue weighted by molar-refractivity contribution is 0.0594. The van der Waals surface area contributed by atoms with Crippen molar-refractivity contribution in [1.82, 2.24) is 9.78 Å². The molecule has 0 radical (unpaired) electrons. The normalized spacial score (nSPS) is 10.5. The first-order valence-corrected chi connectivity index (χ1v) is 8.25. The van der Waals surface area contributed by atoms with E-state index in [1.54, 1.807) is 37.4 Å². The minimum Gasteiger partial charge on any atom is -0.484 e. The number of nitrogens with zero attached hydrogens (tertiary/aromatic N) is 2. The number of halogens is 1. The summed E-state index contributed by atoms with van der Waals surface area (Å²) in [4.78, 5) is 24.1. The second kappa shape index (κ2) is 7.96. The van der Waals surface area contributed by atoms with Gasteiger partial charge >= 0.3 is 5.97 Å². The molecule has 8 nitrogen and oxygen atoms in total. The van der Waals surface area contributed by atoms with Gasteiger partial charge in [0.15, 0.2) is 11.5 Å². The molecule has 3 rings (SSSR count). The maximum Gasteiger partial charge on any atom is 0.360 e. The van der Waals surface area contributed by atoms with Gasteiger partial charge in [-0.15, -0.1) is 0 Å². The third-order valence-corrected chi connectivity index (χ3v) is 3.86. The van der Waals surface area contributed by atoms with Gasteiger partial charge in [-0.05, 0) is 24.3 Å². The third-order valence-electron chi connectivity index (χ3n) is 3.55. The number of methoxy groups -OCH3 is 1. The number of carbonyl (C=O) groups excluding carboxylic acids is 2. The van der Waals surface area contributed by atoms with Crippen LogP contribution in [-0.2, 0) is 18.4 Å². The van der Waals surface area contributed by atoms with Crippen molar-refractivity contribution in [1.29, 1.82) is 0 Å². The van der Waals surface area contributed by atoms with Gasteiger partial charge in [-0.3, -0.25) is 9.48 Å². The number of aryl methyl sites for hydroxylation is 1. The highest BCUT2D eigenvalue weighted by Crippen LogP contribution is 2.24. The molecule has 0 spiro atoms. The molecule has 0 unspecified atom stereocenters. The van der Waals surface area contributed by atoms with E-state index >= 15 is 0 Å². The zero-order chi connectivity index (χ0) is 19.4.